The van der Waals surface area contributed by atoms with Gasteiger partial charge in [0.05, 0.1) is 28.9 Å². The van der Waals surface area contributed by atoms with Crippen molar-refractivity contribution in [1.29, 1.82) is 0 Å². The van der Waals surface area contributed by atoms with Gasteiger partial charge in [0, 0.05) is 5.70 Å². The monoisotopic (exact) mass is 391 g/mol. The maximum atomic E-state index is 12.9. The zero-order chi connectivity index (χ0) is 19.4. The number of nitrogen functional groups attached to an aromatic ring is 1. The standard InChI is InChI=1S/C20H26ClN3O3/c1-2-16-17(19(25)27-11-12-6-4-3-5-7-12)18(24-20(26)23-16)13-8-9-14(21)15(22)10-13/h8-10,12,18H,2-7,11,22H2,1H3,(H2,23,24,26). The Bertz CT molecular complexity index is 757. The number of rotatable bonds is 5. The first-order valence-electron chi connectivity index (χ1n) is 9.52. The van der Waals surface area contributed by atoms with Crippen molar-refractivity contribution in [3.8, 4) is 0 Å². The van der Waals surface area contributed by atoms with Crippen molar-refractivity contribution in [3.63, 3.8) is 0 Å². The van der Waals surface area contributed by atoms with Crippen molar-refractivity contribution in [2.45, 2.75) is 51.5 Å². The van der Waals surface area contributed by atoms with Crippen LogP contribution in [0.15, 0.2) is 29.5 Å². The van der Waals surface area contributed by atoms with Crippen molar-refractivity contribution < 1.29 is 14.3 Å². The van der Waals surface area contributed by atoms with Crippen LogP contribution >= 0.6 is 11.6 Å². The number of halogens is 1. The minimum Gasteiger partial charge on any atom is -0.462 e. The van der Waals surface area contributed by atoms with Gasteiger partial charge in [-0.15, -0.1) is 0 Å². The quantitative estimate of drug-likeness (QED) is 0.521. The van der Waals surface area contributed by atoms with Crippen LogP contribution in [-0.2, 0) is 9.53 Å². The van der Waals surface area contributed by atoms with Gasteiger partial charge in [-0.3, -0.25) is 0 Å². The summed E-state index contributed by atoms with van der Waals surface area (Å²) in [6, 6.07) is 4.13. The molecule has 0 saturated heterocycles. The Morgan fingerprint density at radius 3 is 2.70 bits per heavy atom. The third-order valence-electron chi connectivity index (χ3n) is 5.26. The van der Waals surface area contributed by atoms with Crippen molar-refractivity contribution in [2.24, 2.45) is 5.92 Å². The number of allylic oxidation sites excluding steroid dienone is 1. The van der Waals surface area contributed by atoms with Gasteiger partial charge in [0.25, 0.3) is 0 Å². The third kappa shape index (κ3) is 4.56. The number of urea groups is 1. The summed E-state index contributed by atoms with van der Waals surface area (Å²) in [5.41, 5.74) is 8.01. The number of amides is 2. The summed E-state index contributed by atoms with van der Waals surface area (Å²) in [5.74, 6) is 0.0209. The van der Waals surface area contributed by atoms with Crippen molar-refractivity contribution in [3.05, 3.63) is 40.1 Å². The highest BCUT2D eigenvalue weighted by molar-refractivity contribution is 6.33. The molecule has 1 aliphatic carbocycles. The molecule has 7 heteroatoms. The Balaban J connectivity index is 1.84. The number of nitrogens with two attached hydrogens (primary N) is 1. The van der Waals surface area contributed by atoms with Crippen LogP contribution in [0, 0.1) is 5.92 Å². The van der Waals surface area contributed by atoms with Gasteiger partial charge in [0.1, 0.15) is 0 Å². The molecule has 3 rings (SSSR count). The summed E-state index contributed by atoms with van der Waals surface area (Å²) in [6.45, 7) is 2.31. The normalized spacial score (nSPS) is 20.8. The zero-order valence-corrected chi connectivity index (χ0v) is 16.3. The van der Waals surface area contributed by atoms with E-state index in [1.54, 1.807) is 18.2 Å². The van der Waals surface area contributed by atoms with Crippen LogP contribution in [0.25, 0.3) is 0 Å². The molecule has 6 nitrogen and oxygen atoms in total. The number of esters is 1. The number of hydrogen-bond donors (Lipinski definition) is 3. The second-order valence-corrected chi connectivity index (χ2v) is 7.57. The van der Waals surface area contributed by atoms with E-state index in [2.05, 4.69) is 10.6 Å². The van der Waals surface area contributed by atoms with E-state index in [-0.39, 0.29) is 6.03 Å². The van der Waals surface area contributed by atoms with Crippen LogP contribution in [0.5, 0.6) is 0 Å². The molecule has 4 N–H and O–H groups in total. The number of ether oxygens (including phenoxy) is 1. The number of anilines is 1. The number of carbonyl (C=O) groups is 2. The molecule has 0 radical (unpaired) electrons. The summed E-state index contributed by atoms with van der Waals surface area (Å²) in [7, 11) is 0. The largest absolute Gasteiger partial charge is 0.462 e. The highest BCUT2D eigenvalue weighted by Crippen LogP contribution is 2.32. The maximum absolute atomic E-state index is 12.9. The number of hydrogen-bond acceptors (Lipinski definition) is 4. The van der Waals surface area contributed by atoms with E-state index in [1.807, 2.05) is 6.92 Å². The average molecular weight is 392 g/mol. The molecule has 2 aliphatic rings. The fourth-order valence-corrected chi connectivity index (χ4v) is 3.87. The van der Waals surface area contributed by atoms with Crippen LogP contribution < -0.4 is 16.4 Å². The molecule has 146 valence electrons. The first kappa shape index (κ1) is 19.5. The van der Waals surface area contributed by atoms with Gasteiger partial charge in [-0.05, 0) is 42.9 Å². The zero-order valence-electron chi connectivity index (χ0n) is 15.5. The molecule has 1 atom stereocenters. The van der Waals surface area contributed by atoms with Gasteiger partial charge >= 0.3 is 12.0 Å². The van der Waals surface area contributed by atoms with Gasteiger partial charge in [-0.25, -0.2) is 9.59 Å². The summed E-state index contributed by atoms with van der Waals surface area (Å²) in [5, 5.41) is 5.97. The molecule has 1 unspecified atom stereocenters. The van der Waals surface area contributed by atoms with Crippen molar-refractivity contribution in [1.82, 2.24) is 10.6 Å². The van der Waals surface area contributed by atoms with E-state index >= 15 is 0 Å². The fourth-order valence-electron chi connectivity index (χ4n) is 3.75. The molecule has 1 saturated carbocycles. The summed E-state index contributed by atoms with van der Waals surface area (Å²) < 4.78 is 5.65. The lowest BCUT2D eigenvalue weighted by Crippen LogP contribution is -2.46. The minimum absolute atomic E-state index is 0.353. The van der Waals surface area contributed by atoms with Gasteiger partial charge in [0.15, 0.2) is 0 Å². The lowest BCUT2D eigenvalue weighted by Gasteiger charge is -2.30. The summed E-state index contributed by atoms with van der Waals surface area (Å²) in [4.78, 5) is 25.0. The van der Waals surface area contributed by atoms with E-state index in [1.165, 1.54) is 19.3 Å². The molecule has 1 aliphatic heterocycles. The van der Waals surface area contributed by atoms with Crippen LogP contribution in [0.4, 0.5) is 10.5 Å². The third-order valence-corrected chi connectivity index (χ3v) is 5.60. The van der Waals surface area contributed by atoms with Crippen molar-refractivity contribution in [2.75, 3.05) is 12.3 Å². The Morgan fingerprint density at radius 2 is 2.04 bits per heavy atom. The maximum Gasteiger partial charge on any atom is 0.338 e. The second-order valence-electron chi connectivity index (χ2n) is 7.16. The fraction of sp³-hybridized carbons (Fsp3) is 0.500. The van der Waals surface area contributed by atoms with Gasteiger partial charge < -0.3 is 21.1 Å². The van der Waals surface area contributed by atoms with Crippen molar-refractivity contribution >= 4 is 29.3 Å². The molecule has 1 fully saturated rings. The van der Waals surface area contributed by atoms with Gasteiger partial charge in [-0.2, -0.15) is 0 Å². The van der Waals surface area contributed by atoms with Crippen LogP contribution in [0.1, 0.15) is 57.1 Å². The molecule has 0 spiro atoms. The Kier molecular flexibility index (Phi) is 6.26. The molecule has 27 heavy (non-hydrogen) atoms. The van der Waals surface area contributed by atoms with Crippen LogP contribution in [0.3, 0.4) is 0 Å². The molecule has 0 bridgehead atoms. The number of benzene rings is 1. The lowest BCUT2D eigenvalue weighted by atomic mass is 9.90. The first-order valence-corrected chi connectivity index (χ1v) is 9.90. The molecule has 1 heterocycles. The second kappa shape index (κ2) is 8.65. The summed E-state index contributed by atoms with van der Waals surface area (Å²) >= 11 is 6.01. The minimum atomic E-state index is -0.618. The molecular weight excluding hydrogens is 366 g/mol. The Labute approximate surface area is 164 Å². The molecule has 2 amide bonds. The van der Waals surface area contributed by atoms with Crippen LogP contribution in [-0.4, -0.2) is 18.6 Å². The smallest absolute Gasteiger partial charge is 0.338 e. The number of nitrogens with one attached hydrogen (secondary N) is 2. The highest BCUT2D eigenvalue weighted by Gasteiger charge is 2.33. The van der Waals surface area contributed by atoms with E-state index in [0.29, 0.717) is 46.5 Å². The Hall–Kier alpha value is -2.21. The van der Waals surface area contributed by atoms with E-state index in [0.717, 1.165) is 12.8 Å². The van der Waals surface area contributed by atoms with Gasteiger partial charge in [-0.1, -0.05) is 43.9 Å². The predicted octanol–water partition coefficient (Wildman–Crippen LogP) is 4.06. The average Bonchev–Trinajstić information content (AvgIpc) is 2.68. The summed E-state index contributed by atoms with van der Waals surface area (Å²) in [6.07, 6.45) is 6.34. The Morgan fingerprint density at radius 1 is 1.30 bits per heavy atom. The first-order chi connectivity index (χ1) is 13.0. The van der Waals surface area contributed by atoms with E-state index in [9.17, 15) is 9.59 Å². The predicted molar refractivity (Wildman–Crippen MR) is 105 cm³/mol. The van der Waals surface area contributed by atoms with E-state index < -0.39 is 12.0 Å². The van der Waals surface area contributed by atoms with Crippen LogP contribution in [0.2, 0.25) is 5.02 Å². The van der Waals surface area contributed by atoms with E-state index in [4.69, 9.17) is 22.1 Å². The topological polar surface area (TPSA) is 93.4 Å². The van der Waals surface area contributed by atoms with Gasteiger partial charge in [0.2, 0.25) is 0 Å². The molecule has 0 aromatic heterocycles. The SMILES string of the molecule is CCC1=C(C(=O)OCC2CCCCC2)C(c2ccc(Cl)c(N)c2)NC(=O)N1. The molecule has 1 aromatic carbocycles. The lowest BCUT2D eigenvalue weighted by molar-refractivity contribution is -0.141. The molecular formula is C20H26ClN3O3. The molecule has 1 aromatic rings. The number of carbonyl (C=O) groups excluding carboxylic acids is 2. The highest BCUT2D eigenvalue weighted by atomic mass is 35.5.